The van der Waals surface area contributed by atoms with E-state index in [2.05, 4.69) is 15.5 Å². The molecule has 2 aromatic rings. The van der Waals surface area contributed by atoms with Gasteiger partial charge in [0.15, 0.2) is 5.82 Å². The molecule has 2 heterocycles. The first-order chi connectivity index (χ1) is 12.2. The number of hydrogen-bond donors (Lipinski definition) is 1. The molecule has 1 amide bonds. The van der Waals surface area contributed by atoms with Crippen molar-refractivity contribution < 1.29 is 14.1 Å². The molecular formula is C18H21N3O3S. The topological polar surface area (TPSA) is 77.2 Å². The molecule has 1 aromatic carbocycles. The van der Waals surface area contributed by atoms with Crippen LogP contribution in [0.2, 0.25) is 0 Å². The molecule has 1 fully saturated rings. The number of aromatic nitrogens is 2. The second-order valence-corrected chi connectivity index (χ2v) is 7.84. The number of hydrogen-bond acceptors (Lipinski definition) is 6. The molecule has 1 aromatic heterocycles. The van der Waals surface area contributed by atoms with Crippen molar-refractivity contribution in [2.45, 2.75) is 49.1 Å². The number of fused-ring (bicyclic) bond motifs is 1. The van der Waals surface area contributed by atoms with Gasteiger partial charge in [-0.2, -0.15) is 4.98 Å². The zero-order chi connectivity index (χ0) is 17.2. The SMILES string of the molecule is C[C@@H](SCc1nc(C2CC2)no1)C(=O)N[C@@H]1CCOc2ccccc21. The first-order valence-electron chi connectivity index (χ1n) is 8.67. The van der Waals surface area contributed by atoms with Crippen LogP contribution in [0, 0.1) is 0 Å². The number of carbonyl (C=O) groups is 1. The number of thioether (sulfide) groups is 1. The standard InChI is InChI=1S/C18H21N3O3S/c1-11(25-10-16-20-17(21-24-16)12-6-7-12)18(22)19-14-8-9-23-15-5-3-2-4-13(14)15/h2-5,11-12,14H,6-10H2,1H3,(H,19,22)/t11-,14-/m1/s1. The third-order valence-electron chi connectivity index (χ3n) is 4.53. The van der Waals surface area contributed by atoms with Gasteiger partial charge in [0.25, 0.3) is 0 Å². The Hall–Kier alpha value is -2.02. The highest BCUT2D eigenvalue weighted by atomic mass is 32.2. The van der Waals surface area contributed by atoms with E-state index in [0.29, 0.717) is 24.2 Å². The Kier molecular flexibility index (Phi) is 4.65. The molecule has 25 heavy (non-hydrogen) atoms. The summed E-state index contributed by atoms with van der Waals surface area (Å²) >= 11 is 1.51. The highest BCUT2D eigenvalue weighted by Gasteiger charge is 2.29. The van der Waals surface area contributed by atoms with Crippen LogP contribution in [0.5, 0.6) is 5.75 Å². The lowest BCUT2D eigenvalue weighted by Gasteiger charge is -2.27. The van der Waals surface area contributed by atoms with E-state index in [1.54, 1.807) is 0 Å². The molecule has 1 saturated carbocycles. The summed E-state index contributed by atoms with van der Waals surface area (Å²) in [5.74, 6) is 3.33. The molecule has 0 spiro atoms. The average molecular weight is 359 g/mol. The molecule has 0 bridgehead atoms. The second-order valence-electron chi connectivity index (χ2n) is 6.51. The van der Waals surface area contributed by atoms with Crippen LogP contribution in [0.15, 0.2) is 28.8 Å². The van der Waals surface area contributed by atoms with Gasteiger partial charge in [0.05, 0.1) is 23.7 Å². The van der Waals surface area contributed by atoms with Gasteiger partial charge in [-0.25, -0.2) is 0 Å². The minimum Gasteiger partial charge on any atom is -0.493 e. The molecule has 1 aliphatic carbocycles. The van der Waals surface area contributed by atoms with E-state index in [4.69, 9.17) is 9.26 Å². The van der Waals surface area contributed by atoms with Gasteiger partial charge in [-0.1, -0.05) is 23.4 Å². The molecule has 2 atom stereocenters. The molecule has 132 valence electrons. The number of nitrogens with zero attached hydrogens (tertiary/aromatic N) is 2. The van der Waals surface area contributed by atoms with Crippen LogP contribution in [0.4, 0.5) is 0 Å². The minimum absolute atomic E-state index is 0.00498. The molecule has 7 heteroatoms. The molecule has 0 unspecified atom stereocenters. The summed E-state index contributed by atoms with van der Waals surface area (Å²) in [5, 5.41) is 6.96. The van der Waals surface area contributed by atoms with Gasteiger partial charge in [-0.15, -0.1) is 11.8 Å². The van der Waals surface area contributed by atoms with Crippen molar-refractivity contribution in [3.8, 4) is 5.75 Å². The van der Waals surface area contributed by atoms with Crippen LogP contribution in [0.3, 0.4) is 0 Å². The quantitative estimate of drug-likeness (QED) is 0.853. The summed E-state index contributed by atoms with van der Waals surface area (Å²) in [7, 11) is 0. The van der Waals surface area contributed by atoms with E-state index < -0.39 is 0 Å². The van der Waals surface area contributed by atoms with Crippen molar-refractivity contribution in [2.75, 3.05) is 6.61 Å². The Morgan fingerprint density at radius 2 is 2.20 bits per heavy atom. The van der Waals surface area contributed by atoms with Gasteiger partial charge in [0, 0.05) is 17.9 Å². The van der Waals surface area contributed by atoms with Gasteiger partial charge in [-0.05, 0) is 25.8 Å². The maximum absolute atomic E-state index is 12.5. The third-order valence-corrected chi connectivity index (χ3v) is 5.66. The van der Waals surface area contributed by atoms with Crippen LogP contribution in [0.25, 0.3) is 0 Å². The molecule has 1 aliphatic heterocycles. The summed E-state index contributed by atoms with van der Waals surface area (Å²) in [6, 6.07) is 7.87. The third kappa shape index (κ3) is 3.81. The van der Waals surface area contributed by atoms with Gasteiger partial charge >= 0.3 is 0 Å². The maximum Gasteiger partial charge on any atom is 0.236 e. The second kappa shape index (κ2) is 7.07. The Morgan fingerprint density at radius 3 is 3.04 bits per heavy atom. The van der Waals surface area contributed by atoms with Crippen molar-refractivity contribution >= 4 is 17.7 Å². The Balaban J connectivity index is 1.31. The number of para-hydroxylation sites is 1. The lowest BCUT2D eigenvalue weighted by atomic mass is 10.0. The molecule has 0 radical (unpaired) electrons. The van der Waals surface area contributed by atoms with Crippen molar-refractivity contribution in [1.29, 1.82) is 0 Å². The predicted molar refractivity (Wildman–Crippen MR) is 94.5 cm³/mol. The lowest BCUT2D eigenvalue weighted by Crippen LogP contribution is -2.36. The minimum atomic E-state index is -0.189. The highest BCUT2D eigenvalue weighted by molar-refractivity contribution is 7.99. The zero-order valence-electron chi connectivity index (χ0n) is 14.1. The summed E-state index contributed by atoms with van der Waals surface area (Å²) in [5.41, 5.74) is 1.05. The van der Waals surface area contributed by atoms with Crippen LogP contribution in [-0.2, 0) is 10.5 Å². The van der Waals surface area contributed by atoms with E-state index >= 15 is 0 Å². The van der Waals surface area contributed by atoms with Crippen LogP contribution >= 0.6 is 11.8 Å². The fourth-order valence-corrected chi connectivity index (χ4v) is 3.62. The van der Waals surface area contributed by atoms with E-state index in [1.807, 2.05) is 31.2 Å². The first kappa shape index (κ1) is 16.4. The zero-order valence-corrected chi connectivity index (χ0v) is 14.9. The van der Waals surface area contributed by atoms with E-state index in [0.717, 1.165) is 36.4 Å². The van der Waals surface area contributed by atoms with E-state index in [9.17, 15) is 4.79 Å². The number of nitrogens with one attached hydrogen (secondary N) is 1. The molecule has 0 saturated heterocycles. The highest BCUT2D eigenvalue weighted by Crippen LogP contribution is 2.38. The molecule has 4 rings (SSSR count). The monoisotopic (exact) mass is 359 g/mol. The lowest BCUT2D eigenvalue weighted by molar-refractivity contribution is -0.121. The Bertz CT molecular complexity index is 760. The van der Waals surface area contributed by atoms with Crippen molar-refractivity contribution in [3.05, 3.63) is 41.5 Å². The number of amides is 1. The van der Waals surface area contributed by atoms with Crippen molar-refractivity contribution in [2.24, 2.45) is 0 Å². The van der Waals surface area contributed by atoms with Gasteiger partial charge < -0.3 is 14.6 Å². The van der Waals surface area contributed by atoms with Gasteiger partial charge in [0.2, 0.25) is 11.8 Å². The molecule has 2 aliphatic rings. The normalized spacial score (nSPS) is 20.4. The van der Waals surface area contributed by atoms with E-state index in [1.165, 1.54) is 11.8 Å². The molecular weight excluding hydrogens is 338 g/mol. The number of benzene rings is 1. The summed E-state index contributed by atoms with van der Waals surface area (Å²) < 4.78 is 10.9. The fraction of sp³-hybridized carbons (Fsp3) is 0.500. The Morgan fingerprint density at radius 1 is 1.36 bits per heavy atom. The average Bonchev–Trinajstić information content (AvgIpc) is 3.38. The molecule has 6 nitrogen and oxygen atoms in total. The largest absolute Gasteiger partial charge is 0.493 e. The number of rotatable bonds is 6. The first-order valence-corrected chi connectivity index (χ1v) is 9.72. The maximum atomic E-state index is 12.5. The summed E-state index contributed by atoms with van der Waals surface area (Å²) in [6.07, 6.45) is 3.09. The fourth-order valence-electron chi connectivity index (χ4n) is 2.89. The van der Waals surface area contributed by atoms with Crippen LogP contribution in [0.1, 0.15) is 55.4 Å². The smallest absolute Gasteiger partial charge is 0.236 e. The van der Waals surface area contributed by atoms with Gasteiger partial charge in [-0.3, -0.25) is 4.79 Å². The predicted octanol–water partition coefficient (Wildman–Crippen LogP) is 3.21. The summed E-state index contributed by atoms with van der Waals surface area (Å²) in [6.45, 7) is 2.53. The van der Waals surface area contributed by atoms with Crippen molar-refractivity contribution in [3.63, 3.8) is 0 Å². The van der Waals surface area contributed by atoms with Gasteiger partial charge in [0.1, 0.15) is 5.75 Å². The van der Waals surface area contributed by atoms with Crippen LogP contribution in [-0.4, -0.2) is 27.9 Å². The number of carbonyl (C=O) groups excluding carboxylic acids is 1. The van der Waals surface area contributed by atoms with Crippen molar-refractivity contribution in [1.82, 2.24) is 15.5 Å². The van der Waals surface area contributed by atoms with Crippen LogP contribution < -0.4 is 10.1 Å². The molecule has 1 N–H and O–H groups in total. The van der Waals surface area contributed by atoms with E-state index in [-0.39, 0.29) is 17.2 Å². The Labute approximate surface area is 150 Å². The summed E-state index contributed by atoms with van der Waals surface area (Å²) in [4.78, 5) is 16.9. The number of ether oxygens (including phenoxy) is 1.